The molecule has 20 heavy (non-hydrogen) atoms. The zero-order valence-corrected chi connectivity index (χ0v) is 12.0. The Bertz CT molecular complexity index is 661. The lowest BCUT2D eigenvalue weighted by atomic mass is 10.2. The van der Waals surface area contributed by atoms with E-state index in [-0.39, 0.29) is 6.79 Å². The van der Waals surface area contributed by atoms with Gasteiger partial charge in [0.25, 0.3) is 0 Å². The fraction of sp³-hybridized carbons (Fsp3) is 0.286. The van der Waals surface area contributed by atoms with E-state index in [1.165, 1.54) is 0 Å². The van der Waals surface area contributed by atoms with E-state index in [1.807, 2.05) is 26.0 Å². The monoisotopic (exact) mass is 291 g/mol. The first kappa shape index (κ1) is 13.0. The molecule has 1 aliphatic heterocycles. The maximum atomic E-state index is 6.19. The fourth-order valence-corrected chi connectivity index (χ4v) is 2.33. The van der Waals surface area contributed by atoms with Gasteiger partial charge in [-0.05, 0) is 26.0 Å². The number of hydrogen-bond donors (Lipinski definition) is 1. The molecule has 1 N–H and O–H groups in total. The minimum Gasteiger partial charge on any atom is -0.454 e. The first-order valence-corrected chi connectivity index (χ1v) is 6.74. The zero-order chi connectivity index (χ0) is 14.1. The second kappa shape index (κ2) is 5.17. The normalized spacial score (nSPS) is 12.6. The fourth-order valence-electron chi connectivity index (χ4n) is 2.07. The Morgan fingerprint density at radius 1 is 1.25 bits per heavy atom. The Kier molecular flexibility index (Phi) is 3.36. The van der Waals surface area contributed by atoms with Crippen LogP contribution in [-0.4, -0.2) is 23.3 Å². The number of benzene rings is 1. The molecule has 0 bridgehead atoms. The highest BCUT2D eigenvalue weighted by atomic mass is 35.5. The summed E-state index contributed by atoms with van der Waals surface area (Å²) in [7, 11) is 0. The molecule has 104 valence electrons. The molecule has 3 rings (SSSR count). The number of aromatic nitrogens is 2. The van der Waals surface area contributed by atoms with Crippen LogP contribution in [0.1, 0.15) is 12.6 Å². The Balaban J connectivity index is 2.07. The van der Waals surface area contributed by atoms with Crippen LogP contribution in [0.3, 0.4) is 0 Å². The highest BCUT2D eigenvalue weighted by Crippen LogP contribution is 2.41. The Morgan fingerprint density at radius 2 is 2.10 bits per heavy atom. The van der Waals surface area contributed by atoms with Crippen molar-refractivity contribution in [2.45, 2.75) is 13.8 Å². The van der Waals surface area contributed by atoms with Crippen molar-refractivity contribution in [3.05, 3.63) is 28.9 Å². The number of aryl methyl sites for hydroxylation is 1. The largest absolute Gasteiger partial charge is 0.454 e. The molecular weight excluding hydrogens is 278 g/mol. The van der Waals surface area contributed by atoms with Gasteiger partial charge < -0.3 is 14.8 Å². The van der Waals surface area contributed by atoms with Crippen molar-refractivity contribution in [2.75, 3.05) is 18.7 Å². The number of nitrogens with zero attached hydrogens (tertiary/aromatic N) is 2. The highest BCUT2D eigenvalue weighted by molar-refractivity contribution is 6.32. The summed E-state index contributed by atoms with van der Waals surface area (Å²) in [6.45, 7) is 4.95. The summed E-state index contributed by atoms with van der Waals surface area (Å²) in [5, 5.41) is 3.69. The van der Waals surface area contributed by atoms with E-state index in [4.69, 9.17) is 21.1 Å². The lowest BCUT2D eigenvalue weighted by Gasteiger charge is -2.08. The van der Waals surface area contributed by atoms with E-state index < -0.39 is 0 Å². The van der Waals surface area contributed by atoms with E-state index in [9.17, 15) is 0 Å². The molecule has 1 aliphatic rings. The van der Waals surface area contributed by atoms with Gasteiger partial charge >= 0.3 is 0 Å². The van der Waals surface area contributed by atoms with Crippen LogP contribution in [0.15, 0.2) is 18.2 Å². The van der Waals surface area contributed by atoms with Crippen molar-refractivity contribution in [1.82, 2.24) is 9.97 Å². The number of fused-ring (bicyclic) bond motifs is 1. The van der Waals surface area contributed by atoms with Crippen LogP contribution in [0, 0.1) is 6.92 Å². The van der Waals surface area contributed by atoms with Gasteiger partial charge in [0.2, 0.25) is 6.79 Å². The van der Waals surface area contributed by atoms with E-state index in [1.54, 1.807) is 6.07 Å². The molecule has 0 fully saturated rings. The third kappa shape index (κ3) is 2.36. The van der Waals surface area contributed by atoms with Gasteiger partial charge in [-0.1, -0.05) is 11.6 Å². The third-order valence-electron chi connectivity index (χ3n) is 2.90. The van der Waals surface area contributed by atoms with Gasteiger partial charge in [0.15, 0.2) is 17.3 Å². The van der Waals surface area contributed by atoms with Crippen LogP contribution in [0.25, 0.3) is 11.4 Å². The van der Waals surface area contributed by atoms with Crippen LogP contribution >= 0.6 is 11.6 Å². The SMILES string of the molecule is CCNc1cc(C)nc(-c2cc(Cl)c3c(c2)OCO3)n1. The van der Waals surface area contributed by atoms with Gasteiger partial charge in [-0.3, -0.25) is 0 Å². The van der Waals surface area contributed by atoms with Gasteiger partial charge in [0.1, 0.15) is 5.82 Å². The molecular formula is C14H14ClN3O2. The number of halogens is 1. The van der Waals surface area contributed by atoms with Crippen molar-refractivity contribution in [3.8, 4) is 22.9 Å². The predicted molar refractivity (Wildman–Crippen MR) is 77.5 cm³/mol. The molecule has 0 spiro atoms. The molecule has 6 heteroatoms. The second-order valence-corrected chi connectivity index (χ2v) is 4.85. The standard InChI is InChI=1S/C14H14ClN3O2/c1-3-16-12-4-8(2)17-14(18-12)9-5-10(15)13-11(6-9)19-7-20-13/h4-6H,3,7H2,1-2H3,(H,16,17,18). The topological polar surface area (TPSA) is 56.3 Å². The molecule has 0 amide bonds. The first-order chi connectivity index (χ1) is 9.67. The van der Waals surface area contributed by atoms with Crippen LogP contribution in [-0.2, 0) is 0 Å². The summed E-state index contributed by atoms with van der Waals surface area (Å²) in [6, 6.07) is 5.54. The Hall–Kier alpha value is -2.01. The summed E-state index contributed by atoms with van der Waals surface area (Å²) in [5.74, 6) is 2.61. The van der Waals surface area contributed by atoms with Crippen molar-refractivity contribution >= 4 is 17.4 Å². The molecule has 0 unspecified atom stereocenters. The molecule has 0 saturated heterocycles. The highest BCUT2D eigenvalue weighted by Gasteiger charge is 2.19. The number of nitrogens with one attached hydrogen (secondary N) is 1. The smallest absolute Gasteiger partial charge is 0.231 e. The lowest BCUT2D eigenvalue weighted by molar-refractivity contribution is 0.174. The van der Waals surface area contributed by atoms with Crippen LogP contribution < -0.4 is 14.8 Å². The maximum Gasteiger partial charge on any atom is 0.231 e. The Morgan fingerprint density at radius 3 is 2.90 bits per heavy atom. The molecule has 0 radical (unpaired) electrons. The summed E-state index contributed by atoms with van der Waals surface area (Å²) in [6.07, 6.45) is 0. The van der Waals surface area contributed by atoms with Gasteiger partial charge in [0, 0.05) is 23.9 Å². The first-order valence-electron chi connectivity index (χ1n) is 6.36. The maximum absolute atomic E-state index is 6.19. The average molecular weight is 292 g/mol. The van der Waals surface area contributed by atoms with Gasteiger partial charge in [-0.25, -0.2) is 9.97 Å². The number of hydrogen-bond acceptors (Lipinski definition) is 5. The molecule has 5 nitrogen and oxygen atoms in total. The summed E-state index contributed by atoms with van der Waals surface area (Å²) in [4.78, 5) is 8.93. The van der Waals surface area contributed by atoms with E-state index in [0.29, 0.717) is 22.3 Å². The molecule has 2 heterocycles. The van der Waals surface area contributed by atoms with Crippen LogP contribution in [0.2, 0.25) is 5.02 Å². The average Bonchev–Trinajstić information content (AvgIpc) is 2.87. The van der Waals surface area contributed by atoms with Crippen LogP contribution in [0.4, 0.5) is 5.82 Å². The lowest BCUT2D eigenvalue weighted by Crippen LogP contribution is -2.02. The molecule has 1 aromatic heterocycles. The minimum atomic E-state index is 0.190. The number of ether oxygens (including phenoxy) is 2. The van der Waals surface area contributed by atoms with Crippen molar-refractivity contribution in [3.63, 3.8) is 0 Å². The van der Waals surface area contributed by atoms with E-state index >= 15 is 0 Å². The Labute approximate surface area is 121 Å². The van der Waals surface area contributed by atoms with Crippen molar-refractivity contribution in [2.24, 2.45) is 0 Å². The molecule has 0 saturated carbocycles. The summed E-state index contributed by atoms with van der Waals surface area (Å²) < 4.78 is 10.7. The molecule has 1 aromatic carbocycles. The summed E-state index contributed by atoms with van der Waals surface area (Å²) >= 11 is 6.19. The second-order valence-electron chi connectivity index (χ2n) is 4.44. The van der Waals surface area contributed by atoms with Crippen LogP contribution in [0.5, 0.6) is 11.5 Å². The number of anilines is 1. The van der Waals surface area contributed by atoms with E-state index in [2.05, 4.69) is 15.3 Å². The zero-order valence-electron chi connectivity index (χ0n) is 11.2. The molecule has 2 aromatic rings. The van der Waals surface area contributed by atoms with Crippen molar-refractivity contribution < 1.29 is 9.47 Å². The quantitative estimate of drug-likeness (QED) is 0.940. The third-order valence-corrected chi connectivity index (χ3v) is 3.18. The van der Waals surface area contributed by atoms with Gasteiger partial charge in [-0.2, -0.15) is 0 Å². The number of rotatable bonds is 3. The molecule has 0 aliphatic carbocycles. The van der Waals surface area contributed by atoms with E-state index in [0.717, 1.165) is 23.6 Å². The predicted octanol–water partition coefficient (Wildman–Crippen LogP) is 3.27. The molecule has 0 atom stereocenters. The minimum absolute atomic E-state index is 0.190. The summed E-state index contributed by atoms with van der Waals surface area (Å²) in [5.41, 5.74) is 1.70. The van der Waals surface area contributed by atoms with Crippen molar-refractivity contribution in [1.29, 1.82) is 0 Å². The van der Waals surface area contributed by atoms with Gasteiger partial charge in [0.05, 0.1) is 5.02 Å². The van der Waals surface area contributed by atoms with Gasteiger partial charge in [-0.15, -0.1) is 0 Å².